The average Bonchev–Trinajstić information content (AvgIpc) is 3.10. The highest BCUT2D eigenvalue weighted by atomic mass is 32.1. The SMILES string of the molecule is O=C(c1cccs1)N1CCC(Oc2cnccn2)C1. The molecule has 0 aliphatic carbocycles. The molecule has 1 atom stereocenters. The Morgan fingerprint density at radius 1 is 1.47 bits per heavy atom. The van der Waals surface area contributed by atoms with Crippen molar-refractivity contribution in [3.63, 3.8) is 0 Å². The number of hydrogen-bond acceptors (Lipinski definition) is 5. The maximum atomic E-state index is 12.2. The molecule has 6 heteroatoms. The molecule has 1 unspecified atom stereocenters. The Morgan fingerprint density at radius 3 is 3.16 bits per heavy atom. The summed E-state index contributed by atoms with van der Waals surface area (Å²) in [6.45, 7) is 1.33. The third-order valence-corrected chi connectivity index (χ3v) is 3.85. The number of hydrogen-bond donors (Lipinski definition) is 0. The van der Waals surface area contributed by atoms with Crippen molar-refractivity contribution in [2.75, 3.05) is 13.1 Å². The zero-order chi connectivity index (χ0) is 13.1. The lowest BCUT2D eigenvalue weighted by Gasteiger charge is -2.15. The summed E-state index contributed by atoms with van der Waals surface area (Å²) in [5.74, 6) is 0.596. The second kappa shape index (κ2) is 5.36. The Kier molecular flexibility index (Phi) is 3.41. The Labute approximate surface area is 114 Å². The predicted octanol–water partition coefficient (Wildman–Crippen LogP) is 1.83. The quantitative estimate of drug-likeness (QED) is 0.857. The van der Waals surface area contributed by atoms with Gasteiger partial charge in [-0.25, -0.2) is 4.98 Å². The first-order valence-electron chi connectivity index (χ1n) is 6.08. The molecule has 19 heavy (non-hydrogen) atoms. The summed E-state index contributed by atoms with van der Waals surface area (Å²) in [4.78, 5) is 22.8. The number of thiophene rings is 1. The van der Waals surface area contributed by atoms with Crippen LogP contribution in [0.1, 0.15) is 16.1 Å². The molecule has 3 rings (SSSR count). The van der Waals surface area contributed by atoms with E-state index >= 15 is 0 Å². The fraction of sp³-hybridized carbons (Fsp3) is 0.308. The third-order valence-electron chi connectivity index (χ3n) is 2.99. The van der Waals surface area contributed by atoms with Crippen LogP contribution in [0.4, 0.5) is 0 Å². The molecule has 0 aromatic carbocycles. The fourth-order valence-electron chi connectivity index (χ4n) is 2.08. The first-order valence-corrected chi connectivity index (χ1v) is 6.96. The molecule has 2 aromatic heterocycles. The first kappa shape index (κ1) is 12.1. The zero-order valence-electron chi connectivity index (χ0n) is 10.2. The highest BCUT2D eigenvalue weighted by molar-refractivity contribution is 7.12. The fourth-order valence-corrected chi connectivity index (χ4v) is 2.77. The molecule has 1 fully saturated rings. The van der Waals surface area contributed by atoms with Gasteiger partial charge in [0, 0.05) is 25.4 Å². The Bertz CT molecular complexity index is 544. The van der Waals surface area contributed by atoms with Gasteiger partial charge in [0.25, 0.3) is 5.91 Å². The number of amides is 1. The molecule has 5 nitrogen and oxygen atoms in total. The molecule has 1 amide bonds. The molecule has 0 N–H and O–H groups in total. The van der Waals surface area contributed by atoms with E-state index in [-0.39, 0.29) is 12.0 Å². The van der Waals surface area contributed by atoms with Gasteiger partial charge in [-0.05, 0) is 11.4 Å². The van der Waals surface area contributed by atoms with Gasteiger partial charge in [0.1, 0.15) is 6.10 Å². The Balaban J connectivity index is 1.60. The van der Waals surface area contributed by atoms with Gasteiger partial charge in [-0.15, -0.1) is 11.3 Å². The van der Waals surface area contributed by atoms with Crippen LogP contribution in [-0.4, -0.2) is 40.0 Å². The van der Waals surface area contributed by atoms with Gasteiger partial charge in [-0.2, -0.15) is 0 Å². The van der Waals surface area contributed by atoms with E-state index in [0.29, 0.717) is 12.4 Å². The first-order chi connectivity index (χ1) is 9.33. The van der Waals surface area contributed by atoms with Crippen LogP contribution in [-0.2, 0) is 0 Å². The highest BCUT2D eigenvalue weighted by Gasteiger charge is 2.28. The van der Waals surface area contributed by atoms with Gasteiger partial charge in [0.15, 0.2) is 0 Å². The van der Waals surface area contributed by atoms with Gasteiger partial charge < -0.3 is 9.64 Å². The molecule has 98 valence electrons. The lowest BCUT2D eigenvalue weighted by molar-refractivity contribution is 0.0776. The van der Waals surface area contributed by atoms with E-state index in [4.69, 9.17) is 4.74 Å². The van der Waals surface area contributed by atoms with Crippen LogP contribution in [0.15, 0.2) is 36.1 Å². The van der Waals surface area contributed by atoms with E-state index in [1.807, 2.05) is 22.4 Å². The van der Waals surface area contributed by atoms with Crippen molar-refractivity contribution in [2.45, 2.75) is 12.5 Å². The molecule has 2 aromatic rings. The lowest BCUT2D eigenvalue weighted by Crippen LogP contribution is -2.30. The average molecular weight is 275 g/mol. The Morgan fingerprint density at radius 2 is 2.42 bits per heavy atom. The summed E-state index contributed by atoms with van der Waals surface area (Å²) in [6.07, 6.45) is 5.62. The van der Waals surface area contributed by atoms with Crippen molar-refractivity contribution >= 4 is 17.2 Å². The molecule has 0 saturated carbocycles. The summed E-state index contributed by atoms with van der Waals surface area (Å²) in [5, 5.41) is 1.91. The van der Waals surface area contributed by atoms with Crippen LogP contribution in [0.3, 0.4) is 0 Å². The van der Waals surface area contributed by atoms with Crippen molar-refractivity contribution in [1.82, 2.24) is 14.9 Å². The third kappa shape index (κ3) is 2.73. The van der Waals surface area contributed by atoms with Crippen molar-refractivity contribution in [2.24, 2.45) is 0 Å². The normalized spacial score (nSPS) is 18.5. The number of ether oxygens (including phenoxy) is 1. The van der Waals surface area contributed by atoms with E-state index < -0.39 is 0 Å². The molecule has 0 spiro atoms. The summed E-state index contributed by atoms with van der Waals surface area (Å²) < 4.78 is 5.71. The second-order valence-electron chi connectivity index (χ2n) is 4.30. The highest BCUT2D eigenvalue weighted by Crippen LogP contribution is 2.19. The Hall–Kier alpha value is -1.95. The topological polar surface area (TPSA) is 55.3 Å². The van der Waals surface area contributed by atoms with Crippen LogP contribution in [0.5, 0.6) is 5.88 Å². The van der Waals surface area contributed by atoms with E-state index in [2.05, 4.69) is 9.97 Å². The smallest absolute Gasteiger partial charge is 0.264 e. The summed E-state index contributed by atoms with van der Waals surface area (Å²) in [5.41, 5.74) is 0. The number of likely N-dealkylation sites (tertiary alicyclic amines) is 1. The largest absolute Gasteiger partial charge is 0.471 e. The van der Waals surface area contributed by atoms with Crippen molar-refractivity contribution < 1.29 is 9.53 Å². The molecule has 1 aliphatic heterocycles. The van der Waals surface area contributed by atoms with Crippen molar-refractivity contribution in [3.8, 4) is 5.88 Å². The van der Waals surface area contributed by atoms with Gasteiger partial charge >= 0.3 is 0 Å². The molecular weight excluding hydrogens is 262 g/mol. The van der Waals surface area contributed by atoms with Crippen LogP contribution in [0.2, 0.25) is 0 Å². The minimum Gasteiger partial charge on any atom is -0.471 e. The van der Waals surface area contributed by atoms with Crippen molar-refractivity contribution in [1.29, 1.82) is 0 Å². The van der Waals surface area contributed by atoms with Crippen LogP contribution >= 0.6 is 11.3 Å². The van der Waals surface area contributed by atoms with E-state index in [1.165, 1.54) is 11.3 Å². The summed E-state index contributed by atoms with van der Waals surface area (Å²) in [6, 6.07) is 3.74. The van der Waals surface area contributed by atoms with E-state index in [1.54, 1.807) is 18.6 Å². The van der Waals surface area contributed by atoms with Gasteiger partial charge in [-0.3, -0.25) is 9.78 Å². The van der Waals surface area contributed by atoms with Crippen LogP contribution in [0.25, 0.3) is 0 Å². The molecule has 1 aliphatic rings. The maximum absolute atomic E-state index is 12.2. The standard InChI is InChI=1S/C13H13N3O2S/c17-13(11-2-1-7-19-11)16-6-3-10(9-16)18-12-8-14-4-5-15-12/h1-2,4-5,7-8,10H,3,6,9H2. The van der Waals surface area contributed by atoms with Gasteiger partial charge in [-0.1, -0.05) is 6.07 Å². The number of rotatable bonds is 3. The van der Waals surface area contributed by atoms with E-state index in [0.717, 1.165) is 17.8 Å². The van der Waals surface area contributed by atoms with E-state index in [9.17, 15) is 4.79 Å². The minimum absolute atomic E-state index is 0.000567. The molecule has 0 radical (unpaired) electrons. The number of aromatic nitrogens is 2. The van der Waals surface area contributed by atoms with Crippen molar-refractivity contribution in [3.05, 3.63) is 41.0 Å². The molecular formula is C13H13N3O2S. The summed E-state index contributed by atoms with van der Waals surface area (Å²) in [7, 11) is 0. The molecule has 1 saturated heterocycles. The predicted molar refractivity (Wildman–Crippen MR) is 71.3 cm³/mol. The molecule has 3 heterocycles. The number of carbonyl (C=O) groups is 1. The lowest BCUT2D eigenvalue weighted by atomic mass is 10.3. The van der Waals surface area contributed by atoms with Gasteiger partial charge in [0.05, 0.1) is 17.6 Å². The second-order valence-corrected chi connectivity index (χ2v) is 5.25. The zero-order valence-corrected chi connectivity index (χ0v) is 11.0. The molecule has 0 bridgehead atoms. The summed E-state index contributed by atoms with van der Waals surface area (Å²) >= 11 is 1.47. The number of nitrogens with zero attached hydrogens (tertiary/aromatic N) is 3. The maximum Gasteiger partial charge on any atom is 0.264 e. The van der Waals surface area contributed by atoms with Crippen LogP contribution < -0.4 is 4.74 Å². The minimum atomic E-state index is 0.000567. The van der Waals surface area contributed by atoms with Gasteiger partial charge in [0.2, 0.25) is 5.88 Å². The number of carbonyl (C=O) groups excluding carboxylic acids is 1. The monoisotopic (exact) mass is 275 g/mol. The van der Waals surface area contributed by atoms with Crippen LogP contribution in [0, 0.1) is 0 Å².